The third-order valence-electron chi connectivity index (χ3n) is 3.00. The molecule has 1 fully saturated rings. The van der Waals surface area contributed by atoms with E-state index in [1.54, 1.807) is 0 Å². The highest BCUT2D eigenvalue weighted by molar-refractivity contribution is 5.33. The van der Waals surface area contributed by atoms with Crippen LogP contribution in [-0.2, 0) is 4.74 Å². The van der Waals surface area contributed by atoms with Gasteiger partial charge < -0.3 is 4.74 Å². The lowest BCUT2D eigenvalue weighted by atomic mass is 10.2. The Morgan fingerprint density at radius 2 is 2.06 bits per heavy atom. The number of hydrogen-bond acceptors (Lipinski definition) is 1. The van der Waals surface area contributed by atoms with Gasteiger partial charge in [0.15, 0.2) is 0 Å². The molecule has 1 heteroatoms. The van der Waals surface area contributed by atoms with Gasteiger partial charge >= 0.3 is 0 Å². The van der Waals surface area contributed by atoms with Crippen LogP contribution < -0.4 is 0 Å². The number of ether oxygens (including phenoxy) is 1. The Balaban J connectivity index is 1.63. The highest BCUT2D eigenvalue weighted by atomic mass is 16.5. The van der Waals surface area contributed by atoms with Crippen LogP contribution in [0.15, 0.2) is 30.3 Å². The number of rotatable bonds is 5. The standard InChI is InChI=1S/C16H20O/c1-14(17-13-16-11-12-16)7-5-6-10-15-8-3-2-4-9-15/h2-4,8-9,14,16H,5,7,11-13H2,1H3. The molecule has 17 heavy (non-hydrogen) atoms. The van der Waals surface area contributed by atoms with Gasteiger partial charge in [0.1, 0.15) is 0 Å². The molecule has 0 N–H and O–H groups in total. The van der Waals surface area contributed by atoms with Crippen molar-refractivity contribution in [3.63, 3.8) is 0 Å². The van der Waals surface area contributed by atoms with Gasteiger partial charge in [-0.1, -0.05) is 30.0 Å². The van der Waals surface area contributed by atoms with E-state index in [9.17, 15) is 0 Å². The molecule has 0 spiro atoms. The first-order valence-corrected chi connectivity index (χ1v) is 6.50. The molecule has 90 valence electrons. The normalized spacial score (nSPS) is 16.1. The molecule has 0 aliphatic heterocycles. The summed E-state index contributed by atoms with van der Waals surface area (Å²) in [5.41, 5.74) is 1.10. The van der Waals surface area contributed by atoms with E-state index in [0.29, 0.717) is 6.10 Å². The van der Waals surface area contributed by atoms with Gasteiger partial charge in [-0.25, -0.2) is 0 Å². The van der Waals surface area contributed by atoms with Crippen molar-refractivity contribution in [2.75, 3.05) is 6.61 Å². The van der Waals surface area contributed by atoms with Gasteiger partial charge in [0.2, 0.25) is 0 Å². The summed E-state index contributed by atoms with van der Waals surface area (Å²) in [4.78, 5) is 0. The summed E-state index contributed by atoms with van der Waals surface area (Å²) in [6.45, 7) is 3.10. The van der Waals surface area contributed by atoms with Crippen molar-refractivity contribution in [1.82, 2.24) is 0 Å². The third-order valence-corrected chi connectivity index (χ3v) is 3.00. The van der Waals surface area contributed by atoms with E-state index in [0.717, 1.165) is 30.9 Å². The molecular formula is C16H20O. The van der Waals surface area contributed by atoms with Gasteiger partial charge in [0, 0.05) is 18.6 Å². The molecule has 0 radical (unpaired) electrons. The second-order valence-electron chi connectivity index (χ2n) is 4.79. The fourth-order valence-electron chi connectivity index (χ4n) is 1.63. The van der Waals surface area contributed by atoms with Gasteiger partial charge in [0.05, 0.1) is 6.10 Å². The number of hydrogen-bond donors (Lipinski definition) is 0. The first-order chi connectivity index (χ1) is 8.34. The molecule has 2 rings (SSSR count). The molecule has 1 atom stereocenters. The zero-order valence-corrected chi connectivity index (χ0v) is 10.5. The van der Waals surface area contributed by atoms with Crippen molar-refractivity contribution < 1.29 is 4.74 Å². The highest BCUT2D eigenvalue weighted by Crippen LogP contribution is 2.29. The van der Waals surface area contributed by atoms with Crippen LogP contribution >= 0.6 is 0 Å². The molecular weight excluding hydrogens is 208 g/mol. The Bertz CT molecular complexity index is 381. The van der Waals surface area contributed by atoms with Crippen LogP contribution in [0.3, 0.4) is 0 Å². The van der Waals surface area contributed by atoms with Crippen molar-refractivity contribution in [3.05, 3.63) is 35.9 Å². The minimum atomic E-state index is 0.348. The average Bonchev–Trinajstić information content (AvgIpc) is 3.17. The fourth-order valence-corrected chi connectivity index (χ4v) is 1.63. The maximum atomic E-state index is 5.75. The molecule has 1 aliphatic carbocycles. The maximum absolute atomic E-state index is 5.75. The monoisotopic (exact) mass is 228 g/mol. The molecule has 1 saturated carbocycles. The largest absolute Gasteiger partial charge is 0.378 e. The molecule has 0 aromatic heterocycles. The smallest absolute Gasteiger partial charge is 0.0556 e. The van der Waals surface area contributed by atoms with Gasteiger partial charge in [-0.2, -0.15) is 0 Å². The topological polar surface area (TPSA) is 9.23 Å². The van der Waals surface area contributed by atoms with E-state index in [4.69, 9.17) is 4.74 Å². The zero-order valence-electron chi connectivity index (χ0n) is 10.5. The Morgan fingerprint density at radius 1 is 1.29 bits per heavy atom. The van der Waals surface area contributed by atoms with Crippen LogP contribution in [0.25, 0.3) is 0 Å². The summed E-state index contributed by atoms with van der Waals surface area (Å²) in [6.07, 6.45) is 5.02. The zero-order chi connectivity index (χ0) is 11.9. The second kappa shape index (κ2) is 6.47. The number of benzene rings is 1. The Hall–Kier alpha value is -1.26. The molecule has 0 saturated heterocycles. The Labute approximate surface area is 104 Å². The van der Waals surface area contributed by atoms with Crippen molar-refractivity contribution in [2.24, 2.45) is 5.92 Å². The second-order valence-corrected chi connectivity index (χ2v) is 4.79. The molecule has 1 aliphatic rings. The van der Waals surface area contributed by atoms with Gasteiger partial charge in [-0.15, -0.1) is 0 Å². The van der Waals surface area contributed by atoms with E-state index in [2.05, 4.69) is 18.8 Å². The molecule has 1 aromatic carbocycles. The Kier molecular flexibility index (Phi) is 4.64. The third kappa shape index (κ3) is 5.06. The molecule has 1 unspecified atom stereocenters. The first kappa shape index (κ1) is 12.2. The quantitative estimate of drug-likeness (QED) is 0.699. The summed E-state index contributed by atoms with van der Waals surface area (Å²) in [5.74, 6) is 7.23. The van der Waals surface area contributed by atoms with Crippen molar-refractivity contribution in [1.29, 1.82) is 0 Å². The maximum Gasteiger partial charge on any atom is 0.0556 e. The van der Waals surface area contributed by atoms with Gasteiger partial charge in [-0.3, -0.25) is 0 Å². The SMILES string of the molecule is CC(CCC#Cc1ccccc1)OCC1CC1. The molecule has 0 heterocycles. The van der Waals surface area contributed by atoms with E-state index in [-0.39, 0.29) is 0 Å². The highest BCUT2D eigenvalue weighted by Gasteiger charge is 2.21. The van der Waals surface area contributed by atoms with Gasteiger partial charge in [0.25, 0.3) is 0 Å². The van der Waals surface area contributed by atoms with Crippen molar-refractivity contribution in [2.45, 2.75) is 38.7 Å². The predicted molar refractivity (Wildman–Crippen MR) is 70.7 cm³/mol. The predicted octanol–water partition coefficient (Wildman–Crippen LogP) is 3.63. The summed E-state index contributed by atoms with van der Waals surface area (Å²) in [6, 6.07) is 10.1. The van der Waals surface area contributed by atoms with E-state index in [1.807, 2.05) is 30.3 Å². The van der Waals surface area contributed by atoms with E-state index in [1.165, 1.54) is 12.8 Å². The summed E-state index contributed by atoms with van der Waals surface area (Å²) >= 11 is 0. The lowest BCUT2D eigenvalue weighted by Gasteiger charge is -2.10. The molecule has 0 amide bonds. The van der Waals surface area contributed by atoms with Crippen molar-refractivity contribution >= 4 is 0 Å². The minimum Gasteiger partial charge on any atom is -0.378 e. The average molecular weight is 228 g/mol. The van der Waals surface area contributed by atoms with Gasteiger partial charge in [-0.05, 0) is 44.2 Å². The van der Waals surface area contributed by atoms with Crippen LogP contribution in [0.1, 0.15) is 38.2 Å². The fraction of sp³-hybridized carbons (Fsp3) is 0.500. The van der Waals surface area contributed by atoms with Crippen LogP contribution in [-0.4, -0.2) is 12.7 Å². The summed E-state index contributed by atoms with van der Waals surface area (Å²) in [5, 5.41) is 0. The molecule has 1 aromatic rings. The van der Waals surface area contributed by atoms with E-state index < -0.39 is 0 Å². The summed E-state index contributed by atoms with van der Waals surface area (Å²) in [7, 11) is 0. The minimum absolute atomic E-state index is 0.348. The van der Waals surface area contributed by atoms with Crippen LogP contribution in [0.4, 0.5) is 0 Å². The summed E-state index contributed by atoms with van der Waals surface area (Å²) < 4.78 is 5.75. The van der Waals surface area contributed by atoms with Crippen LogP contribution in [0.5, 0.6) is 0 Å². The lowest BCUT2D eigenvalue weighted by Crippen LogP contribution is -2.09. The van der Waals surface area contributed by atoms with Crippen LogP contribution in [0, 0.1) is 17.8 Å². The van der Waals surface area contributed by atoms with Crippen molar-refractivity contribution in [3.8, 4) is 11.8 Å². The lowest BCUT2D eigenvalue weighted by molar-refractivity contribution is 0.0539. The molecule has 0 bridgehead atoms. The van der Waals surface area contributed by atoms with Crippen LogP contribution in [0.2, 0.25) is 0 Å². The Morgan fingerprint density at radius 3 is 2.76 bits per heavy atom. The van der Waals surface area contributed by atoms with E-state index >= 15 is 0 Å². The first-order valence-electron chi connectivity index (χ1n) is 6.50. The molecule has 1 nitrogen and oxygen atoms in total.